The molecule has 0 aromatic heterocycles. The maximum Gasteiger partial charge on any atom is 0.266 e. The van der Waals surface area contributed by atoms with Crippen LogP contribution < -0.4 is 5.32 Å². The van der Waals surface area contributed by atoms with Gasteiger partial charge in [0.05, 0.1) is 10.7 Å². The summed E-state index contributed by atoms with van der Waals surface area (Å²) in [5.41, 5.74) is 0.534. The zero-order chi connectivity index (χ0) is 12.7. The number of unbranched alkanes of at least 4 members (excludes halogenated alkanes) is 1. The number of hydrogen-bond acceptors (Lipinski definition) is 1. The van der Waals surface area contributed by atoms with Crippen molar-refractivity contribution >= 4 is 23.2 Å². The molecule has 0 saturated carbocycles. The molecule has 0 radical (unpaired) electrons. The molecule has 1 aromatic rings. The zero-order valence-electron chi connectivity index (χ0n) is 9.05. The number of halogens is 3. The predicted molar refractivity (Wildman–Crippen MR) is 64.2 cm³/mol. The third-order valence-electron chi connectivity index (χ3n) is 2.05. The Bertz CT molecular complexity index is 417. The van der Waals surface area contributed by atoms with Crippen LogP contribution in [-0.2, 0) is 4.79 Å². The molecule has 0 unspecified atom stereocenters. The SMILES string of the molecule is O=C(CCCC=C(F)F)Nc1ccccc1Cl. The number of hydrogen-bond donors (Lipinski definition) is 1. The minimum absolute atomic E-state index is 0.189. The molecule has 0 aliphatic rings. The monoisotopic (exact) mass is 259 g/mol. The molecule has 0 saturated heterocycles. The standard InChI is InChI=1S/C12H12ClF2NO/c13-9-5-1-2-6-10(9)16-12(17)8-4-3-7-11(14)15/h1-2,5-7H,3-4,8H2,(H,16,17). The fourth-order valence-electron chi connectivity index (χ4n) is 1.25. The number of amides is 1. The van der Waals surface area contributed by atoms with Gasteiger partial charge in [-0.05, 0) is 31.1 Å². The average molecular weight is 260 g/mol. The summed E-state index contributed by atoms with van der Waals surface area (Å²) in [6.07, 6.45) is -0.138. The number of anilines is 1. The Balaban J connectivity index is 2.35. The minimum Gasteiger partial charge on any atom is -0.325 e. The van der Waals surface area contributed by atoms with Crippen molar-refractivity contribution < 1.29 is 13.6 Å². The van der Waals surface area contributed by atoms with Gasteiger partial charge in [-0.25, -0.2) is 0 Å². The van der Waals surface area contributed by atoms with Crippen molar-refractivity contribution in [2.75, 3.05) is 5.32 Å². The molecule has 1 rings (SSSR count). The Labute approximate surface area is 103 Å². The van der Waals surface area contributed by atoms with Gasteiger partial charge in [0.25, 0.3) is 6.08 Å². The van der Waals surface area contributed by atoms with E-state index in [1.54, 1.807) is 24.3 Å². The lowest BCUT2D eigenvalue weighted by Gasteiger charge is -2.05. The summed E-state index contributed by atoms with van der Waals surface area (Å²) in [5, 5.41) is 3.07. The van der Waals surface area contributed by atoms with Gasteiger partial charge in [0.15, 0.2) is 0 Å². The first kappa shape index (κ1) is 13.6. The fourth-order valence-corrected chi connectivity index (χ4v) is 1.43. The maximum atomic E-state index is 11.7. The van der Waals surface area contributed by atoms with Crippen LogP contribution in [0.25, 0.3) is 0 Å². The van der Waals surface area contributed by atoms with Crippen LogP contribution in [0.4, 0.5) is 14.5 Å². The first-order valence-electron chi connectivity index (χ1n) is 5.15. The highest BCUT2D eigenvalue weighted by Crippen LogP contribution is 2.20. The van der Waals surface area contributed by atoms with Gasteiger partial charge in [0, 0.05) is 6.42 Å². The topological polar surface area (TPSA) is 29.1 Å². The van der Waals surface area contributed by atoms with Crippen LogP contribution in [0.3, 0.4) is 0 Å². The first-order chi connectivity index (χ1) is 8.09. The van der Waals surface area contributed by atoms with Crippen molar-refractivity contribution in [3.8, 4) is 0 Å². The van der Waals surface area contributed by atoms with Gasteiger partial charge in [0.2, 0.25) is 5.91 Å². The smallest absolute Gasteiger partial charge is 0.266 e. The Kier molecular flexibility index (Phi) is 5.63. The highest BCUT2D eigenvalue weighted by molar-refractivity contribution is 6.33. The van der Waals surface area contributed by atoms with Crippen molar-refractivity contribution in [1.82, 2.24) is 0 Å². The Morgan fingerprint density at radius 1 is 1.35 bits per heavy atom. The van der Waals surface area contributed by atoms with E-state index in [0.29, 0.717) is 17.1 Å². The van der Waals surface area contributed by atoms with E-state index in [2.05, 4.69) is 5.32 Å². The van der Waals surface area contributed by atoms with Gasteiger partial charge in [-0.3, -0.25) is 4.79 Å². The van der Waals surface area contributed by atoms with E-state index in [1.807, 2.05) is 0 Å². The van der Waals surface area contributed by atoms with Gasteiger partial charge in [-0.2, -0.15) is 8.78 Å². The van der Waals surface area contributed by atoms with E-state index in [0.717, 1.165) is 6.08 Å². The highest BCUT2D eigenvalue weighted by Gasteiger charge is 2.04. The Morgan fingerprint density at radius 3 is 2.71 bits per heavy atom. The normalized spacial score (nSPS) is 9.82. The van der Waals surface area contributed by atoms with Crippen molar-refractivity contribution in [2.24, 2.45) is 0 Å². The molecule has 1 aromatic carbocycles. The van der Waals surface area contributed by atoms with Crippen LogP contribution in [0.1, 0.15) is 19.3 Å². The van der Waals surface area contributed by atoms with Gasteiger partial charge in [-0.15, -0.1) is 0 Å². The number of nitrogens with one attached hydrogen (secondary N) is 1. The molecule has 0 aliphatic carbocycles. The van der Waals surface area contributed by atoms with Crippen molar-refractivity contribution in [2.45, 2.75) is 19.3 Å². The van der Waals surface area contributed by atoms with Crippen molar-refractivity contribution in [3.63, 3.8) is 0 Å². The lowest BCUT2D eigenvalue weighted by molar-refractivity contribution is -0.116. The maximum absolute atomic E-state index is 11.7. The lowest BCUT2D eigenvalue weighted by Crippen LogP contribution is -2.11. The molecule has 0 fully saturated rings. The Hall–Kier alpha value is -1.42. The second-order valence-electron chi connectivity index (χ2n) is 3.41. The van der Waals surface area contributed by atoms with Crippen LogP contribution >= 0.6 is 11.6 Å². The first-order valence-corrected chi connectivity index (χ1v) is 5.53. The van der Waals surface area contributed by atoms with E-state index >= 15 is 0 Å². The highest BCUT2D eigenvalue weighted by atomic mass is 35.5. The minimum atomic E-state index is -1.71. The van der Waals surface area contributed by atoms with Crippen molar-refractivity contribution in [3.05, 3.63) is 41.4 Å². The number of carbonyl (C=O) groups excluding carboxylic acids is 1. The number of allylic oxidation sites excluding steroid dienone is 1. The van der Waals surface area contributed by atoms with E-state index in [1.165, 1.54) is 0 Å². The Morgan fingerprint density at radius 2 is 2.06 bits per heavy atom. The van der Waals surface area contributed by atoms with Crippen LogP contribution in [0.15, 0.2) is 36.4 Å². The summed E-state index contributed by atoms with van der Waals surface area (Å²) in [4.78, 5) is 11.4. The second kappa shape index (κ2) is 7.01. The lowest BCUT2D eigenvalue weighted by atomic mass is 10.2. The van der Waals surface area contributed by atoms with Crippen molar-refractivity contribution in [1.29, 1.82) is 0 Å². The van der Waals surface area contributed by atoms with E-state index in [4.69, 9.17) is 11.6 Å². The van der Waals surface area contributed by atoms with Gasteiger partial charge in [-0.1, -0.05) is 23.7 Å². The molecule has 17 heavy (non-hydrogen) atoms. The molecule has 1 N–H and O–H groups in total. The summed E-state index contributed by atoms with van der Waals surface area (Å²) >= 11 is 5.85. The molecular formula is C12H12ClF2NO. The predicted octanol–water partition coefficient (Wildman–Crippen LogP) is 4.23. The van der Waals surface area contributed by atoms with E-state index in [-0.39, 0.29) is 18.7 Å². The zero-order valence-corrected chi connectivity index (χ0v) is 9.81. The summed E-state index contributed by atoms with van der Waals surface area (Å²) < 4.78 is 23.4. The number of benzene rings is 1. The molecule has 5 heteroatoms. The molecule has 0 aliphatic heterocycles. The molecule has 1 amide bonds. The number of carbonyl (C=O) groups is 1. The van der Waals surface area contributed by atoms with Crippen LogP contribution in [0.2, 0.25) is 5.02 Å². The molecule has 2 nitrogen and oxygen atoms in total. The summed E-state index contributed by atoms with van der Waals surface area (Å²) in [5.74, 6) is -0.231. The van der Waals surface area contributed by atoms with Crippen LogP contribution in [-0.4, -0.2) is 5.91 Å². The molecule has 0 heterocycles. The molecule has 92 valence electrons. The summed E-state index contributed by atoms with van der Waals surface area (Å²) in [6, 6.07) is 6.86. The van der Waals surface area contributed by atoms with Gasteiger partial charge in [0.1, 0.15) is 0 Å². The van der Waals surface area contributed by atoms with E-state index < -0.39 is 6.08 Å². The van der Waals surface area contributed by atoms with Gasteiger partial charge >= 0.3 is 0 Å². The second-order valence-corrected chi connectivity index (χ2v) is 3.82. The average Bonchev–Trinajstić information content (AvgIpc) is 2.27. The summed E-state index contributed by atoms with van der Waals surface area (Å²) in [6.45, 7) is 0. The third kappa shape index (κ3) is 5.45. The third-order valence-corrected chi connectivity index (χ3v) is 2.38. The molecule has 0 atom stereocenters. The molecular weight excluding hydrogens is 248 g/mol. The number of rotatable bonds is 5. The molecule has 0 bridgehead atoms. The van der Waals surface area contributed by atoms with Crippen LogP contribution in [0, 0.1) is 0 Å². The fraction of sp³-hybridized carbons (Fsp3) is 0.250. The summed E-state index contributed by atoms with van der Waals surface area (Å²) in [7, 11) is 0. The van der Waals surface area contributed by atoms with Crippen LogP contribution in [0.5, 0.6) is 0 Å². The molecule has 0 spiro atoms. The van der Waals surface area contributed by atoms with E-state index in [9.17, 15) is 13.6 Å². The quantitative estimate of drug-likeness (QED) is 0.788. The number of para-hydroxylation sites is 1. The largest absolute Gasteiger partial charge is 0.325 e. The van der Waals surface area contributed by atoms with Gasteiger partial charge < -0.3 is 5.32 Å².